The van der Waals surface area contributed by atoms with E-state index in [0.29, 0.717) is 23.9 Å². The Morgan fingerprint density at radius 2 is 2.24 bits per heavy atom. The van der Waals surface area contributed by atoms with Gasteiger partial charge in [0.1, 0.15) is 5.75 Å². The maximum Gasteiger partial charge on any atom is 0.260 e. The minimum Gasteiger partial charge on any atom is -0.482 e. The van der Waals surface area contributed by atoms with E-state index < -0.39 is 0 Å². The molecule has 0 spiro atoms. The number of amides is 2. The average molecular weight is 311 g/mol. The average Bonchev–Trinajstić information content (AvgIpc) is 2.48. The Labute approximate surface area is 129 Å². The predicted octanol–water partition coefficient (Wildman–Crippen LogP) is 1.75. The summed E-state index contributed by atoms with van der Waals surface area (Å²) < 4.78 is 5.49. The highest BCUT2D eigenvalue weighted by molar-refractivity contribution is 6.32. The van der Waals surface area contributed by atoms with Gasteiger partial charge < -0.3 is 15.4 Å². The van der Waals surface area contributed by atoms with Gasteiger partial charge in [-0.1, -0.05) is 17.7 Å². The molecule has 1 aromatic rings. The minimum atomic E-state index is -0.352. The highest BCUT2D eigenvalue weighted by Crippen LogP contribution is 2.25. The summed E-state index contributed by atoms with van der Waals surface area (Å²) in [5.74, 6) is -0.271. The Morgan fingerprint density at radius 3 is 2.95 bits per heavy atom. The molecule has 5 nitrogen and oxygen atoms in total. The summed E-state index contributed by atoms with van der Waals surface area (Å²) in [5, 5.41) is 0.474. The summed E-state index contributed by atoms with van der Waals surface area (Å²) in [4.78, 5) is 25.0. The summed E-state index contributed by atoms with van der Waals surface area (Å²) >= 11 is 6.02. The summed E-state index contributed by atoms with van der Waals surface area (Å²) in [6, 6.07) is 5.40. The number of carbonyl (C=O) groups is 2. The zero-order valence-electron chi connectivity index (χ0n) is 12.0. The van der Waals surface area contributed by atoms with Crippen LogP contribution in [0.2, 0.25) is 5.02 Å². The third-order valence-corrected chi connectivity index (χ3v) is 3.93. The van der Waals surface area contributed by atoms with E-state index in [9.17, 15) is 9.59 Å². The van der Waals surface area contributed by atoms with Crippen LogP contribution in [0.15, 0.2) is 18.2 Å². The lowest BCUT2D eigenvalue weighted by Gasteiger charge is -2.31. The molecular formula is C15H19ClN2O3. The van der Waals surface area contributed by atoms with Crippen LogP contribution >= 0.6 is 11.6 Å². The second-order valence-corrected chi connectivity index (χ2v) is 5.71. The van der Waals surface area contributed by atoms with Crippen molar-refractivity contribution in [1.29, 1.82) is 0 Å². The van der Waals surface area contributed by atoms with Crippen LogP contribution in [0.3, 0.4) is 0 Å². The van der Waals surface area contributed by atoms with Gasteiger partial charge >= 0.3 is 0 Å². The van der Waals surface area contributed by atoms with Crippen molar-refractivity contribution >= 4 is 23.4 Å². The molecule has 114 valence electrons. The molecule has 0 bridgehead atoms. The molecule has 0 radical (unpaired) electrons. The van der Waals surface area contributed by atoms with Gasteiger partial charge in [-0.15, -0.1) is 0 Å². The van der Waals surface area contributed by atoms with E-state index in [1.54, 1.807) is 17.0 Å². The number of nitrogens with zero attached hydrogens (tertiary/aromatic N) is 1. The van der Waals surface area contributed by atoms with Gasteiger partial charge in [-0.3, -0.25) is 9.59 Å². The van der Waals surface area contributed by atoms with E-state index in [2.05, 4.69) is 0 Å². The molecule has 1 heterocycles. The Bertz CT molecular complexity index is 548. The van der Waals surface area contributed by atoms with Crippen molar-refractivity contribution in [2.45, 2.75) is 19.8 Å². The molecule has 1 saturated heterocycles. The highest BCUT2D eigenvalue weighted by Gasteiger charge is 2.27. The fourth-order valence-electron chi connectivity index (χ4n) is 2.39. The lowest BCUT2D eigenvalue weighted by atomic mass is 9.97. The van der Waals surface area contributed by atoms with E-state index in [-0.39, 0.29) is 24.3 Å². The van der Waals surface area contributed by atoms with Crippen LogP contribution in [0, 0.1) is 12.8 Å². The van der Waals surface area contributed by atoms with Crippen molar-refractivity contribution in [3.63, 3.8) is 0 Å². The zero-order valence-corrected chi connectivity index (χ0v) is 12.7. The standard InChI is InChI=1S/C15H19ClN2O3/c1-10-4-5-12(16)13(7-10)21-9-14(19)18-6-2-3-11(8-18)15(17)20/h4-5,7,11H,2-3,6,8-9H2,1H3,(H2,17,20). The molecule has 1 atom stereocenters. The summed E-state index contributed by atoms with van der Waals surface area (Å²) in [7, 11) is 0. The highest BCUT2D eigenvalue weighted by atomic mass is 35.5. The van der Waals surface area contributed by atoms with Crippen LogP contribution in [0.1, 0.15) is 18.4 Å². The van der Waals surface area contributed by atoms with E-state index in [1.165, 1.54) is 0 Å². The van der Waals surface area contributed by atoms with Gasteiger partial charge in [0, 0.05) is 13.1 Å². The molecule has 2 amide bonds. The first-order valence-electron chi connectivity index (χ1n) is 6.93. The maximum absolute atomic E-state index is 12.1. The second kappa shape index (κ2) is 6.80. The lowest BCUT2D eigenvalue weighted by molar-refractivity contribution is -0.136. The SMILES string of the molecule is Cc1ccc(Cl)c(OCC(=O)N2CCCC(C(N)=O)C2)c1. The van der Waals surface area contributed by atoms with Gasteiger partial charge in [-0.05, 0) is 37.5 Å². The number of rotatable bonds is 4. The number of hydrogen-bond donors (Lipinski definition) is 1. The van der Waals surface area contributed by atoms with Gasteiger partial charge in [0.25, 0.3) is 5.91 Å². The fourth-order valence-corrected chi connectivity index (χ4v) is 2.56. The number of piperidine rings is 1. The molecule has 2 N–H and O–H groups in total. The van der Waals surface area contributed by atoms with Crippen molar-refractivity contribution in [2.24, 2.45) is 11.7 Å². The summed E-state index contributed by atoms with van der Waals surface area (Å²) in [6.07, 6.45) is 1.52. The quantitative estimate of drug-likeness (QED) is 0.921. The van der Waals surface area contributed by atoms with Crippen molar-refractivity contribution in [2.75, 3.05) is 19.7 Å². The monoisotopic (exact) mass is 310 g/mol. The first kappa shape index (κ1) is 15.6. The third-order valence-electron chi connectivity index (χ3n) is 3.61. The van der Waals surface area contributed by atoms with Gasteiger partial charge in [-0.25, -0.2) is 0 Å². The smallest absolute Gasteiger partial charge is 0.260 e. The van der Waals surface area contributed by atoms with Crippen molar-refractivity contribution in [3.05, 3.63) is 28.8 Å². The molecule has 1 unspecified atom stereocenters. The van der Waals surface area contributed by atoms with E-state index in [1.807, 2.05) is 13.0 Å². The first-order valence-corrected chi connectivity index (χ1v) is 7.31. The first-order chi connectivity index (χ1) is 9.97. The van der Waals surface area contributed by atoms with Crippen LogP contribution in [0.25, 0.3) is 0 Å². The summed E-state index contributed by atoms with van der Waals surface area (Å²) in [6.45, 7) is 2.84. The second-order valence-electron chi connectivity index (χ2n) is 5.30. The number of aryl methyl sites for hydroxylation is 1. The van der Waals surface area contributed by atoms with E-state index in [0.717, 1.165) is 18.4 Å². The molecule has 1 aliphatic rings. The molecule has 0 aromatic heterocycles. The van der Waals surface area contributed by atoms with Crippen molar-refractivity contribution < 1.29 is 14.3 Å². The summed E-state index contributed by atoms with van der Waals surface area (Å²) in [5.41, 5.74) is 6.31. The van der Waals surface area contributed by atoms with Crippen LogP contribution in [-0.2, 0) is 9.59 Å². The Hall–Kier alpha value is -1.75. The molecule has 0 aliphatic carbocycles. The Balaban J connectivity index is 1.92. The van der Waals surface area contributed by atoms with Gasteiger partial charge in [0.2, 0.25) is 5.91 Å². The van der Waals surface area contributed by atoms with Crippen molar-refractivity contribution in [1.82, 2.24) is 4.90 Å². The number of ether oxygens (including phenoxy) is 1. The largest absolute Gasteiger partial charge is 0.482 e. The molecule has 21 heavy (non-hydrogen) atoms. The normalized spacial score (nSPS) is 18.4. The predicted molar refractivity (Wildman–Crippen MR) is 80.2 cm³/mol. The number of benzene rings is 1. The third kappa shape index (κ3) is 4.11. The number of likely N-dealkylation sites (tertiary alicyclic amines) is 1. The fraction of sp³-hybridized carbons (Fsp3) is 0.467. The minimum absolute atomic E-state index is 0.0886. The molecular weight excluding hydrogens is 292 g/mol. The molecule has 1 aromatic carbocycles. The van der Waals surface area contributed by atoms with Crippen LogP contribution in [0.4, 0.5) is 0 Å². The zero-order chi connectivity index (χ0) is 15.4. The number of primary amides is 1. The number of halogens is 1. The van der Waals surface area contributed by atoms with Crippen LogP contribution in [-0.4, -0.2) is 36.4 Å². The Kier molecular flexibility index (Phi) is 5.07. The molecule has 6 heteroatoms. The van der Waals surface area contributed by atoms with E-state index in [4.69, 9.17) is 22.1 Å². The topological polar surface area (TPSA) is 72.6 Å². The number of nitrogens with two attached hydrogens (primary N) is 1. The lowest BCUT2D eigenvalue weighted by Crippen LogP contribution is -2.45. The molecule has 1 aliphatic heterocycles. The molecule has 0 saturated carbocycles. The van der Waals surface area contributed by atoms with Gasteiger partial charge in [-0.2, -0.15) is 0 Å². The number of carbonyl (C=O) groups excluding carboxylic acids is 2. The molecule has 2 rings (SSSR count). The maximum atomic E-state index is 12.1. The van der Waals surface area contributed by atoms with Crippen LogP contribution in [0.5, 0.6) is 5.75 Å². The van der Waals surface area contributed by atoms with Gasteiger partial charge in [0.05, 0.1) is 10.9 Å². The van der Waals surface area contributed by atoms with E-state index >= 15 is 0 Å². The molecule has 1 fully saturated rings. The number of hydrogen-bond acceptors (Lipinski definition) is 3. The Morgan fingerprint density at radius 1 is 1.48 bits per heavy atom. The van der Waals surface area contributed by atoms with Gasteiger partial charge in [0.15, 0.2) is 6.61 Å². The van der Waals surface area contributed by atoms with Crippen molar-refractivity contribution in [3.8, 4) is 5.75 Å². The van der Waals surface area contributed by atoms with Crippen LogP contribution < -0.4 is 10.5 Å².